The average Bonchev–Trinajstić information content (AvgIpc) is 2.98. The summed E-state index contributed by atoms with van der Waals surface area (Å²) in [6, 6.07) is 7.40. The van der Waals surface area contributed by atoms with Crippen LogP contribution in [0.1, 0.15) is 13.8 Å². The van der Waals surface area contributed by atoms with E-state index in [1.165, 1.54) is 16.7 Å². The van der Waals surface area contributed by atoms with Gasteiger partial charge in [0.2, 0.25) is 11.8 Å². The molecule has 2 aromatic rings. The van der Waals surface area contributed by atoms with Crippen LogP contribution in [0.2, 0.25) is 5.02 Å². The first-order valence-electron chi connectivity index (χ1n) is 8.29. The Labute approximate surface area is 162 Å². The van der Waals surface area contributed by atoms with Gasteiger partial charge in [0.1, 0.15) is 0 Å². The highest BCUT2D eigenvalue weighted by Gasteiger charge is 2.18. The zero-order valence-corrected chi connectivity index (χ0v) is 16.6. The molecule has 1 aromatic heterocycles. The molecule has 9 heteroatoms. The molecule has 0 aliphatic heterocycles. The number of aromatic nitrogens is 3. The van der Waals surface area contributed by atoms with Crippen molar-refractivity contribution < 1.29 is 9.59 Å². The number of carbonyl (C=O) groups excluding carboxylic acids is 2. The molecule has 0 atom stereocenters. The minimum Gasteiger partial charge on any atom is -0.355 e. The molecule has 2 amide bonds. The molecule has 0 bridgehead atoms. The number of benzene rings is 1. The van der Waals surface area contributed by atoms with Gasteiger partial charge in [0.25, 0.3) is 0 Å². The Bertz CT molecular complexity index is 780. The maximum Gasteiger partial charge on any atom is 0.239 e. The summed E-state index contributed by atoms with van der Waals surface area (Å²) in [4.78, 5) is 25.6. The zero-order valence-electron chi connectivity index (χ0n) is 15.0. The van der Waals surface area contributed by atoms with E-state index in [0.29, 0.717) is 29.1 Å². The highest BCUT2D eigenvalue weighted by Crippen LogP contribution is 2.28. The summed E-state index contributed by atoms with van der Waals surface area (Å²) in [5, 5.41) is 12.2. The van der Waals surface area contributed by atoms with Gasteiger partial charge in [0.15, 0.2) is 11.0 Å². The number of carbonyl (C=O) groups is 2. The summed E-state index contributed by atoms with van der Waals surface area (Å²) in [6.07, 6.45) is 0. The van der Waals surface area contributed by atoms with Gasteiger partial charge in [0.05, 0.1) is 17.3 Å². The van der Waals surface area contributed by atoms with E-state index < -0.39 is 0 Å². The summed E-state index contributed by atoms with van der Waals surface area (Å²) >= 11 is 7.50. The Kier molecular flexibility index (Phi) is 7.47. The lowest BCUT2D eigenvalue weighted by Crippen LogP contribution is -2.41. The fourth-order valence-electron chi connectivity index (χ4n) is 2.34. The Morgan fingerprint density at radius 1 is 1.27 bits per heavy atom. The number of rotatable bonds is 8. The van der Waals surface area contributed by atoms with Crippen molar-refractivity contribution in [3.8, 4) is 11.4 Å². The lowest BCUT2D eigenvalue weighted by atomic mass is 10.2. The molecule has 0 unspecified atom stereocenters. The zero-order chi connectivity index (χ0) is 19.1. The Balaban J connectivity index is 2.02. The maximum atomic E-state index is 12.4. The molecule has 2 rings (SSSR count). The lowest BCUT2D eigenvalue weighted by Gasteiger charge is -2.19. The molecular weight excluding hydrogens is 374 g/mol. The van der Waals surface area contributed by atoms with E-state index in [4.69, 9.17) is 11.6 Å². The highest BCUT2D eigenvalue weighted by atomic mass is 35.5. The van der Waals surface area contributed by atoms with Crippen molar-refractivity contribution in [1.82, 2.24) is 25.0 Å². The van der Waals surface area contributed by atoms with Gasteiger partial charge in [0, 0.05) is 25.7 Å². The van der Waals surface area contributed by atoms with Crippen LogP contribution in [-0.4, -0.2) is 56.9 Å². The molecule has 0 aliphatic rings. The standard InChI is InChI=1S/C17H22ClN5O2S/c1-4-19-14(24)10-23(5-2)15(25)11-26-17-21-20-16(22(17)3)12-8-6-7-9-13(12)18/h6-9H,4-5,10-11H2,1-3H3,(H,19,24). The van der Waals surface area contributed by atoms with Crippen molar-refractivity contribution in [3.63, 3.8) is 0 Å². The monoisotopic (exact) mass is 395 g/mol. The number of likely N-dealkylation sites (N-methyl/N-ethyl adjacent to an activating group) is 2. The van der Waals surface area contributed by atoms with Gasteiger partial charge >= 0.3 is 0 Å². The highest BCUT2D eigenvalue weighted by molar-refractivity contribution is 7.99. The molecule has 0 fully saturated rings. The first-order chi connectivity index (χ1) is 12.5. The van der Waals surface area contributed by atoms with Crippen LogP contribution in [0.15, 0.2) is 29.4 Å². The number of halogens is 1. The molecule has 1 N–H and O–H groups in total. The number of thioether (sulfide) groups is 1. The van der Waals surface area contributed by atoms with Crippen LogP contribution in [-0.2, 0) is 16.6 Å². The van der Waals surface area contributed by atoms with Crippen LogP contribution in [0.25, 0.3) is 11.4 Å². The maximum absolute atomic E-state index is 12.4. The van der Waals surface area contributed by atoms with Crippen molar-refractivity contribution in [3.05, 3.63) is 29.3 Å². The van der Waals surface area contributed by atoms with Crippen LogP contribution in [0.5, 0.6) is 0 Å². The Hall–Kier alpha value is -2.06. The molecule has 0 saturated heterocycles. The molecular formula is C17H22ClN5O2S. The van der Waals surface area contributed by atoms with Gasteiger partial charge in [-0.25, -0.2) is 0 Å². The van der Waals surface area contributed by atoms with E-state index in [0.717, 1.165) is 5.56 Å². The summed E-state index contributed by atoms with van der Waals surface area (Å²) in [5.74, 6) is 0.542. The molecule has 1 heterocycles. The van der Waals surface area contributed by atoms with Crippen molar-refractivity contribution >= 4 is 35.2 Å². The lowest BCUT2D eigenvalue weighted by molar-refractivity contribution is -0.133. The second-order valence-corrected chi connectivity index (χ2v) is 6.84. The van der Waals surface area contributed by atoms with Crippen LogP contribution in [0.4, 0.5) is 0 Å². The predicted octanol–water partition coefficient (Wildman–Crippen LogP) is 2.21. The molecule has 7 nitrogen and oxygen atoms in total. The van der Waals surface area contributed by atoms with Gasteiger partial charge in [-0.3, -0.25) is 9.59 Å². The fourth-order valence-corrected chi connectivity index (χ4v) is 3.37. The Morgan fingerprint density at radius 2 is 2.00 bits per heavy atom. The number of hydrogen-bond acceptors (Lipinski definition) is 5. The topological polar surface area (TPSA) is 80.1 Å². The third-order valence-corrected chi connectivity index (χ3v) is 5.05. The predicted molar refractivity (Wildman–Crippen MR) is 103 cm³/mol. The minimum atomic E-state index is -0.160. The summed E-state index contributed by atoms with van der Waals surface area (Å²) in [6.45, 7) is 4.77. The average molecular weight is 396 g/mol. The SMILES string of the molecule is CCNC(=O)CN(CC)C(=O)CSc1nnc(-c2ccccc2Cl)n1C. The fraction of sp³-hybridized carbons (Fsp3) is 0.412. The quantitative estimate of drug-likeness (QED) is 0.693. The normalized spacial score (nSPS) is 10.6. The van der Waals surface area contributed by atoms with Gasteiger partial charge in [-0.1, -0.05) is 35.5 Å². The van der Waals surface area contributed by atoms with Gasteiger partial charge < -0.3 is 14.8 Å². The van der Waals surface area contributed by atoms with E-state index in [9.17, 15) is 9.59 Å². The van der Waals surface area contributed by atoms with Crippen LogP contribution in [0, 0.1) is 0 Å². The largest absolute Gasteiger partial charge is 0.355 e. The first kappa shape index (κ1) is 20.3. The van der Waals surface area contributed by atoms with E-state index >= 15 is 0 Å². The Morgan fingerprint density at radius 3 is 2.65 bits per heavy atom. The van der Waals surface area contributed by atoms with Crippen molar-refractivity contribution in [2.75, 3.05) is 25.4 Å². The van der Waals surface area contributed by atoms with Gasteiger partial charge in [-0.15, -0.1) is 10.2 Å². The molecule has 0 saturated carbocycles. The van der Waals surface area contributed by atoms with Gasteiger partial charge in [-0.2, -0.15) is 0 Å². The number of hydrogen-bond donors (Lipinski definition) is 1. The van der Waals surface area contributed by atoms with E-state index in [-0.39, 0.29) is 24.1 Å². The van der Waals surface area contributed by atoms with Crippen LogP contribution < -0.4 is 5.32 Å². The van der Waals surface area contributed by atoms with Crippen molar-refractivity contribution in [2.24, 2.45) is 7.05 Å². The molecule has 1 aromatic carbocycles. The molecule has 0 aliphatic carbocycles. The summed E-state index contributed by atoms with van der Waals surface area (Å²) < 4.78 is 1.80. The van der Waals surface area contributed by atoms with E-state index in [2.05, 4.69) is 15.5 Å². The molecule has 0 spiro atoms. The first-order valence-corrected chi connectivity index (χ1v) is 9.65. The van der Waals surface area contributed by atoms with Gasteiger partial charge in [-0.05, 0) is 26.0 Å². The van der Waals surface area contributed by atoms with Crippen molar-refractivity contribution in [2.45, 2.75) is 19.0 Å². The van der Waals surface area contributed by atoms with Crippen molar-refractivity contribution in [1.29, 1.82) is 0 Å². The number of nitrogens with zero attached hydrogens (tertiary/aromatic N) is 4. The molecule has 0 radical (unpaired) electrons. The van der Waals surface area contributed by atoms with Crippen LogP contribution >= 0.6 is 23.4 Å². The summed E-state index contributed by atoms with van der Waals surface area (Å²) in [7, 11) is 1.83. The minimum absolute atomic E-state index is 0.0629. The summed E-state index contributed by atoms with van der Waals surface area (Å²) in [5.41, 5.74) is 0.786. The second kappa shape index (κ2) is 9.59. The number of nitrogens with one attached hydrogen (secondary N) is 1. The third kappa shape index (κ3) is 4.98. The number of amides is 2. The van der Waals surface area contributed by atoms with E-state index in [1.807, 2.05) is 39.1 Å². The molecule has 26 heavy (non-hydrogen) atoms. The van der Waals surface area contributed by atoms with E-state index in [1.54, 1.807) is 10.6 Å². The smallest absolute Gasteiger partial charge is 0.239 e. The third-order valence-electron chi connectivity index (χ3n) is 3.72. The molecule has 140 valence electrons. The second-order valence-electron chi connectivity index (χ2n) is 5.50. The van der Waals surface area contributed by atoms with Crippen LogP contribution in [0.3, 0.4) is 0 Å².